The molecular formula is C17H25N3. The molecule has 0 spiro atoms. The zero-order chi connectivity index (χ0) is 14.4. The standard InChI is InChI=1S/C17H25N3/c1-3-5-7-13-16-15(10-4-2)17(18)20(19-16)14-11-8-6-9-12-14/h6,8-9,11-12H,3-5,7,10,13,18H2,1-2H3. The Labute approximate surface area is 121 Å². The van der Waals surface area contributed by atoms with Crippen LogP contribution in [0.3, 0.4) is 0 Å². The van der Waals surface area contributed by atoms with E-state index in [-0.39, 0.29) is 0 Å². The third kappa shape index (κ3) is 3.21. The van der Waals surface area contributed by atoms with Crippen LogP contribution in [0.25, 0.3) is 5.69 Å². The van der Waals surface area contributed by atoms with E-state index in [1.54, 1.807) is 0 Å². The van der Waals surface area contributed by atoms with Crippen LogP contribution in [0.2, 0.25) is 0 Å². The number of benzene rings is 1. The highest BCUT2D eigenvalue weighted by molar-refractivity contribution is 5.50. The van der Waals surface area contributed by atoms with Crippen molar-refractivity contribution in [3.05, 3.63) is 41.6 Å². The first-order valence-corrected chi connectivity index (χ1v) is 7.69. The smallest absolute Gasteiger partial charge is 0.130 e. The molecule has 0 radical (unpaired) electrons. The number of para-hydroxylation sites is 1. The van der Waals surface area contributed by atoms with Gasteiger partial charge in [-0.2, -0.15) is 5.10 Å². The monoisotopic (exact) mass is 271 g/mol. The van der Waals surface area contributed by atoms with Crippen LogP contribution in [0.4, 0.5) is 5.82 Å². The summed E-state index contributed by atoms with van der Waals surface area (Å²) in [7, 11) is 0. The molecule has 0 saturated carbocycles. The molecule has 0 unspecified atom stereocenters. The molecule has 2 rings (SSSR count). The predicted octanol–water partition coefficient (Wildman–Crippen LogP) is 4.14. The molecule has 2 aromatic rings. The summed E-state index contributed by atoms with van der Waals surface area (Å²) in [6.07, 6.45) is 6.83. The second-order valence-corrected chi connectivity index (χ2v) is 5.26. The summed E-state index contributed by atoms with van der Waals surface area (Å²) in [5.41, 5.74) is 9.80. The summed E-state index contributed by atoms with van der Waals surface area (Å²) in [5, 5.41) is 4.76. The van der Waals surface area contributed by atoms with Crippen molar-refractivity contribution < 1.29 is 0 Å². The van der Waals surface area contributed by atoms with Crippen LogP contribution >= 0.6 is 0 Å². The molecule has 0 amide bonds. The molecule has 0 saturated heterocycles. The molecule has 1 heterocycles. The van der Waals surface area contributed by atoms with Gasteiger partial charge in [0.1, 0.15) is 5.82 Å². The van der Waals surface area contributed by atoms with Gasteiger partial charge in [0, 0.05) is 5.56 Å². The Bertz CT molecular complexity index is 529. The predicted molar refractivity (Wildman–Crippen MR) is 85.2 cm³/mol. The number of nitrogen functional groups attached to an aromatic ring is 1. The van der Waals surface area contributed by atoms with Crippen molar-refractivity contribution in [2.45, 2.75) is 52.4 Å². The summed E-state index contributed by atoms with van der Waals surface area (Å²) in [6.45, 7) is 4.42. The van der Waals surface area contributed by atoms with Gasteiger partial charge in [0.2, 0.25) is 0 Å². The maximum absolute atomic E-state index is 6.33. The number of anilines is 1. The minimum Gasteiger partial charge on any atom is -0.383 e. The van der Waals surface area contributed by atoms with E-state index in [0.717, 1.165) is 30.8 Å². The first-order chi connectivity index (χ1) is 9.77. The normalized spacial score (nSPS) is 10.9. The minimum absolute atomic E-state index is 0.810. The summed E-state index contributed by atoms with van der Waals surface area (Å²) < 4.78 is 1.90. The summed E-state index contributed by atoms with van der Waals surface area (Å²) >= 11 is 0. The maximum Gasteiger partial charge on any atom is 0.130 e. The van der Waals surface area contributed by atoms with E-state index in [4.69, 9.17) is 10.8 Å². The van der Waals surface area contributed by atoms with Crippen LogP contribution in [0.15, 0.2) is 30.3 Å². The van der Waals surface area contributed by atoms with Gasteiger partial charge in [0.15, 0.2) is 0 Å². The lowest BCUT2D eigenvalue weighted by molar-refractivity contribution is 0.693. The highest BCUT2D eigenvalue weighted by atomic mass is 15.3. The van der Waals surface area contributed by atoms with E-state index in [1.165, 1.54) is 30.5 Å². The van der Waals surface area contributed by atoms with Gasteiger partial charge in [-0.05, 0) is 31.4 Å². The van der Waals surface area contributed by atoms with Gasteiger partial charge in [0.25, 0.3) is 0 Å². The number of hydrogen-bond acceptors (Lipinski definition) is 2. The van der Waals surface area contributed by atoms with Gasteiger partial charge in [-0.25, -0.2) is 4.68 Å². The number of aromatic nitrogens is 2. The van der Waals surface area contributed by atoms with Crippen molar-refractivity contribution in [2.75, 3.05) is 5.73 Å². The Morgan fingerprint density at radius 1 is 1.00 bits per heavy atom. The van der Waals surface area contributed by atoms with Gasteiger partial charge in [-0.3, -0.25) is 0 Å². The fourth-order valence-corrected chi connectivity index (χ4v) is 2.54. The molecule has 108 valence electrons. The summed E-state index contributed by atoms with van der Waals surface area (Å²) in [4.78, 5) is 0. The van der Waals surface area contributed by atoms with Gasteiger partial charge in [0.05, 0.1) is 11.4 Å². The highest BCUT2D eigenvalue weighted by Crippen LogP contribution is 2.24. The number of hydrogen-bond donors (Lipinski definition) is 1. The van der Waals surface area contributed by atoms with Gasteiger partial charge < -0.3 is 5.73 Å². The highest BCUT2D eigenvalue weighted by Gasteiger charge is 2.15. The molecule has 2 N–H and O–H groups in total. The van der Waals surface area contributed by atoms with E-state index < -0.39 is 0 Å². The Morgan fingerprint density at radius 3 is 2.40 bits per heavy atom. The first kappa shape index (κ1) is 14.6. The van der Waals surface area contributed by atoms with E-state index >= 15 is 0 Å². The number of nitrogens with zero attached hydrogens (tertiary/aromatic N) is 2. The van der Waals surface area contributed by atoms with Crippen molar-refractivity contribution >= 4 is 5.82 Å². The van der Waals surface area contributed by atoms with Crippen molar-refractivity contribution in [1.29, 1.82) is 0 Å². The van der Waals surface area contributed by atoms with Crippen LogP contribution < -0.4 is 5.73 Å². The van der Waals surface area contributed by atoms with Crippen LogP contribution in [-0.4, -0.2) is 9.78 Å². The third-order valence-corrected chi connectivity index (χ3v) is 3.62. The largest absolute Gasteiger partial charge is 0.383 e. The van der Waals surface area contributed by atoms with Crippen LogP contribution in [0.5, 0.6) is 0 Å². The Kier molecular flexibility index (Phi) is 5.22. The zero-order valence-corrected chi connectivity index (χ0v) is 12.6. The fraction of sp³-hybridized carbons (Fsp3) is 0.471. The molecule has 0 atom stereocenters. The van der Waals surface area contributed by atoms with Crippen molar-refractivity contribution in [2.24, 2.45) is 0 Å². The topological polar surface area (TPSA) is 43.8 Å². The number of aryl methyl sites for hydroxylation is 1. The van der Waals surface area contributed by atoms with Crippen molar-refractivity contribution in [1.82, 2.24) is 9.78 Å². The number of unbranched alkanes of at least 4 members (excludes halogenated alkanes) is 2. The van der Waals surface area contributed by atoms with Crippen LogP contribution in [0.1, 0.15) is 50.8 Å². The van der Waals surface area contributed by atoms with E-state index in [2.05, 4.69) is 26.0 Å². The summed E-state index contributed by atoms with van der Waals surface area (Å²) in [6, 6.07) is 10.2. The van der Waals surface area contributed by atoms with E-state index in [1.807, 2.05) is 22.9 Å². The molecule has 0 fully saturated rings. The average Bonchev–Trinajstić information content (AvgIpc) is 2.78. The zero-order valence-electron chi connectivity index (χ0n) is 12.6. The second-order valence-electron chi connectivity index (χ2n) is 5.26. The van der Waals surface area contributed by atoms with Gasteiger partial charge in [-0.15, -0.1) is 0 Å². The lowest BCUT2D eigenvalue weighted by Crippen LogP contribution is -2.02. The van der Waals surface area contributed by atoms with Gasteiger partial charge >= 0.3 is 0 Å². The SMILES string of the molecule is CCCCCc1nn(-c2ccccc2)c(N)c1CCC. The van der Waals surface area contributed by atoms with E-state index in [0.29, 0.717) is 0 Å². The van der Waals surface area contributed by atoms with Crippen molar-refractivity contribution in [3.8, 4) is 5.69 Å². The minimum atomic E-state index is 0.810. The number of rotatable bonds is 7. The quantitative estimate of drug-likeness (QED) is 0.769. The Balaban J connectivity index is 2.31. The average molecular weight is 271 g/mol. The molecule has 20 heavy (non-hydrogen) atoms. The third-order valence-electron chi connectivity index (χ3n) is 3.62. The Hall–Kier alpha value is -1.77. The molecular weight excluding hydrogens is 246 g/mol. The molecule has 0 bridgehead atoms. The number of nitrogens with two attached hydrogens (primary N) is 1. The molecule has 0 aliphatic carbocycles. The second kappa shape index (κ2) is 7.13. The van der Waals surface area contributed by atoms with Crippen LogP contribution in [0, 0.1) is 0 Å². The molecule has 3 nitrogen and oxygen atoms in total. The van der Waals surface area contributed by atoms with E-state index in [9.17, 15) is 0 Å². The lowest BCUT2D eigenvalue weighted by atomic mass is 10.1. The molecule has 3 heteroatoms. The first-order valence-electron chi connectivity index (χ1n) is 7.69. The summed E-state index contributed by atoms with van der Waals surface area (Å²) in [5.74, 6) is 0.810. The lowest BCUT2D eigenvalue weighted by Gasteiger charge is -2.04. The van der Waals surface area contributed by atoms with Crippen molar-refractivity contribution in [3.63, 3.8) is 0 Å². The van der Waals surface area contributed by atoms with Crippen LogP contribution in [-0.2, 0) is 12.8 Å². The fourth-order valence-electron chi connectivity index (χ4n) is 2.54. The maximum atomic E-state index is 6.33. The molecule has 0 aliphatic heterocycles. The molecule has 1 aromatic carbocycles. The molecule has 1 aromatic heterocycles. The molecule has 0 aliphatic rings. The van der Waals surface area contributed by atoms with Gasteiger partial charge in [-0.1, -0.05) is 51.3 Å². The Morgan fingerprint density at radius 2 is 1.75 bits per heavy atom.